The van der Waals surface area contributed by atoms with Crippen molar-refractivity contribution in [2.75, 3.05) is 38.7 Å². The van der Waals surface area contributed by atoms with Gasteiger partial charge in [-0.2, -0.15) is 5.10 Å². The summed E-state index contributed by atoms with van der Waals surface area (Å²) < 4.78 is 7.80. The standard InChI is InChI=1S/C13H19N5O2S/c1-8-10-11(17(3)15-8)14-13(21-10)18-6-5-16(2)9(7-18)12(19)20-4/h9H,5-7H2,1-4H3. The second kappa shape index (κ2) is 5.27. The Kier molecular flexibility index (Phi) is 3.58. The summed E-state index contributed by atoms with van der Waals surface area (Å²) in [6.07, 6.45) is 0. The van der Waals surface area contributed by atoms with E-state index >= 15 is 0 Å². The van der Waals surface area contributed by atoms with Gasteiger partial charge in [0.2, 0.25) is 0 Å². The maximum absolute atomic E-state index is 11.9. The van der Waals surface area contributed by atoms with E-state index in [2.05, 4.69) is 15.0 Å². The van der Waals surface area contributed by atoms with Gasteiger partial charge in [-0.15, -0.1) is 0 Å². The molecule has 1 saturated heterocycles. The fourth-order valence-electron chi connectivity index (χ4n) is 2.65. The van der Waals surface area contributed by atoms with E-state index in [-0.39, 0.29) is 12.0 Å². The van der Waals surface area contributed by atoms with E-state index in [1.165, 1.54) is 7.11 Å². The Morgan fingerprint density at radius 1 is 1.38 bits per heavy atom. The number of nitrogens with zero attached hydrogens (tertiary/aromatic N) is 5. The molecule has 1 unspecified atom stereocenters. The molecule has 1 fully saturated rings. The summed E-state index contributed by atoms with van der Waals surface area (Å²) in [5.74, 6) is -0.193. The number of hydrogen-bond donors (Lipinski definition) is 0. The van der Waals surface area contributed by atoms with Crippen molar-refractivity contribution < 1.29 is 9.53 Å². The highest BCUT2D eigenvalue weighted by Gasteiger charge is 2.32. The van der Waals surface area contributed by atoms with Gasteiger partial charge in [0.05, 0.1) is 17.5 Å². The number of piperazine rings is 1. The molecule has 3 rings (SSSR count). The maximum atomic E-state index is 11.9. The summed E-state index contributed by atoms with van der Waals surface area (Å²) in [5.41, 5.74) is 1.90. The normalized spacial score (nSPS) is 20.2. The van der Waals surface area contributed by atoms with Gasteiger partial charge in [-0.25, -0.2) is 9.67 Å². The number of aromatic nitrogens is 3. The second-order valence-corrected chi connectivity index (χ2v) is 6.30. The van der Waals surface area contributed by atoms with Crippen molar-refractivity contribution in [2.45, 2.75) is 13.0 Å². The lowest BCUT2D eigenvalue weighted by Crippen LogP contribution is -2.55. The molecule has 0 radical (unpaired) electrons. The summed E-state index contributed by atoms with van der Waals surface area (Å²) in [4.78, 5) is 20.7. The first-order valence-electron chi connectivity index (χ1n) is 6.84. The first kappa shape index (κ1) is 14.3. The van der Waals surface area contributed by atoms with Crippen LogP contribution in [0.3, 0.4) is 0 Å². The van der Waals surface area contributed by atoms with E-state index < -0.39 is 0 Å². The largest absolute Gasteiger partial charge is 0.468 e. The SMILES string of the molecule is COC(=O)C1CN(c2nc3c(s2)c(C)nn3C)CCN1C. The molecule has 0 amide bonds. The van der Waals surface area contributed by atoms with Crippen molar-refractivity contribution in [3.8, 4) is 0 Å². The zero-order chi connectivity index (χ0) is 15.1. The molecule has 3 heterocycles. The molecule has 1 atom stereocenters. The Morgan fingerprint density at radius 3 is 2.81 bits per heavy atom. The van der Waals surface area contributed by atoms with Crippen molar-refractivity contribution in [2.24, 2.45) is 7.05 Å². The van der Waals surface area contributed by atoms with E-state index in [0.717, 1.165) is 34.3 Å². The summed E-state index contributed by atoms with van der Waals surface area (Å²) in [5, 5.41) is 5.32. The summed E-state index contributed by atoms with van der Waals surface area (Å²) in [7, 11) is 5.28. The van der Waals surface area contributed by atoms with Gasteiger partial charge in [0.25, 0.3) is 0 Å². The highest BCUT2D eigenvalue weighted by atomic mass is 32.1. The molecule has 7 nitrogen and oxygen atoms in total. The van der Waals surface area contributed by atoms with Crippen LogP contribution in [0.1, 0.15) is 5.69 Å². The molecule has 8 heteroatoms. The predicted octanol–water partition coefficient (Wildman–Crippen LogP) is 0.632. The minimum absolute atomic E-state index is 0.193. The van der Waals surface area contributed by atoms with Gasteiger partial charge in [-0.3, -0.25) is 9.69 Å². The topological polar surface area (TPSA) is 63.5 Å². The van der Waals surface area contributed by atoms with Crippen molar-refractivity contribution in [3.63, 3.8) is 0 Å². The van der Waals surface area contributed by atoms with Crippen molar-refractivity contribution in [1.82, 2.24) is 19.7 Å². The number of rotatable bonds is 2. The van der Waals surface area contributed by atoms with Crippen LogP contribution in [0.5, 0.6) is 0 Å². The molecule has 0 aromatic carbocycles. The number of aryl methyl sites for hydroxylation is 2. The third kappa shape index (κ3) is 2.38. The number of carbonyl (C=O) groups excluding carboxylic acids is 1. The highest BCUT2D eigenvalue weighted by molar-refractivity contribution is 7.22. The molecule has 0 bridgehead atoms. The first-order valence-corrected chi connectivity index (χ1v) is 7.66. The molecule has 0 saturated carbocycles. The van der Waals surface area contributed by atoms with Crippen molar-refractivity contribution in [1.29, 1.82) is 0 Å². The average Bonchev–Trinajstić information content (AvgIpc) is 3.01. The Morgan fingerprint density at radius 2 is 2.14 bits per heavy atom. The Labute approximate surface area is 127 Å². The molecule has 0 spiro atoms. The van der Waals surface area contributed by atoms with Crippen LogP contribution in [0.25, 0.3) is 10.3 Å². The van der Waals surface area contributed by atoms with Gasteiger partial charge in [0.15, 0.2) is 10.8 Å². The van der Waals surface area contributed by atoms with Crippen LogP contribution >= 0.6 is 11.3 Å². The fraction of sp³-hybridized carbons (Fsp3) is 0.615. The monoisotopic (exact) mass is 309 g/mol. The molecular formula is C13H19N5O2S. The number of likely N-dealkylation sites (N-methyl/N-ethyl adjacent to an activating group) is 1. The lowest BCUT2D eigenvalue weighted by Gasteiger charge is -2.37. The van der Waals surface area contributed by atoms with Gasteiger partial charge < -0.3 is 9.64 Å². The quantitative estimate of drug-likeness (QED) is 0.758. The number of fused-ring (bicyclic) bond motifs is 1. The zero-order valence-electron chi connectivity index (χ0n) is 12.7. The third-order valence-electron chi connectivity index (χ3n) is 3.92. The summed E-state index contributed by atoms with van der Waals surface area (Å²) in [6.45, 7) is 4.27. The van der Waals surface area contributed by atoms with Crippen LogP contribution in [0.4, 0.5) is 5.13 Å². The lowest BCUT2D eigenvalue weighted by atomic mass is 10.2. The zero-order valence-corrected chi connectivity index (χ0v) is 13.5. The second-order valence-electron chi connectivity index (χ2n) is 5.32. The van der Waals surface area contributed by atoms with Gasteiger partial charge in [-0.1, -0.05) is 11.3 Å². The molecule has 0 N–H and O–H groups in total. The van der Waals surface area contributed by atoms with Gasteiger partial charge >= 0.3 is 5.97 Å². The number of thiazole rings is 1. The van der Waals surface area contributed by atoms with E-state index in [1.807, 2.05) is 25.9 Å². The fourth-order valence-corrected chi connectivity index (χ4v) is 3.71. The maximum Gasteiger partial charge on any atom is 0.324 e. The lowest BCUT2D eigenvalue weighted by molar-refractivity contribution is -0.146. The van der Waals surface area contributed by atoms with Gasteiger partial charge in [0.1, 0.15) is 6.04 Å². The Balaban J connectivity index is 1.88. The van der Waals surface area contributed by atoms with E-state index in [0.29, 0.717) is 6.54 Å². The van der Waals surface area contributed by atoms with E-state index in [1.54, 1.807) is 16.0 Å². The van der Waals surface area contributed by atoms with Crippen molar-refractivity contribution in [3.05, 3.63) is 5.69 Å². The van der Waals surface area contributed by atoms with Crippen LogP contribution in [0, 0.1) is 6.92 Å². The number of carbonyl (C=O) groups is 1. The summed E-state index contributed by atoms with van der Waals surface area (Å²) in [6, 6.07) is -0.241. The van der Waals surface area contributed by atoms with Gasteiger partial charge in [0, 0.05) is 26.7 Å². The molecule has 1 aliphatic rings. The molecule has 21 heavy (non-hydrogen) atoms. The number of anilines is 1. The molecule has 0 aliphatic carbocycles. The minimum atomic E-state index is -0.241. The number of hydrogen-bond acceptors (Lipinski definition) is 7. The Bertz CT molecular complexity index is 645. The number of ether oxygens (including phenoxy) is 1. The van der Waals surface area contributed by atoms with Crippen LogP contribution < -0.4 is 4.90 Å². The first-order chi connectivity index (χ1) is 10.0. The molecule has 114 valence electrons. The van der Waals surface area contributed by atoms with E-state index in [4.69, 9.17) is 4.74 Å². The third-order valence-corrected chi connectivity index (χ3v) is 5.14. The number of methoxy groups -OCH3 is 1. The summed E-state index contributed by atoms with van der Waals surface area (Å²) >= 11 is 1.63. The van der Waals surface area contributed by atoms with Crippen molar-refractivity contribution >= 4 is 32.8 Å². The molecular weight excluding hydrogens is 290 g/mol. The van der Waals surface area contributed by atoms with Gasteiger partial charge in [-0.05, 0) is 14.0 Å². The van der Waals surface area contributed by atoms with Crippen LogP contribution in [-0.4, -0.2) is 65.5 Å². The highest BCUT2D eigenvalue weighted by Crippen LogP contribution is 2.31. The van der Waals surface area contributed by atoms with Crippen LogP contribution in [0.15, 0.2) is 0 Å². The Hall–Kier alpha value is -1.67. The van der Waals surface area contributed by atoms with Crippen LogP contribution in [0.2, 0.25) is 0 Å². The predicted molar refractivity (Wildman–Crippen MR) is 81.8 cm³/mol. The smallest absolute Gasteiger partial charge is 0.324 e. The average molecular weight is 309 g/mol. The molecule has 2 aromatic rings. The minimum Gasteiger partial charge on any atom is -0.468 e. The molecule has 2 aromatic heterocycles. The molecule has 1 aliphatic heterocycles. The van der Waals surface area contributed by atoms with Crippen LogP contribution in [-0.2, 0) is 16.6 Å². The number of esters is 1. The van der Waals surface area contributed by atoms with E-state index in [9.17, 15) is 4.79 Å².